The highest BCUT2D eigenvalue weighted by Gasteiger charge is 2.36. The summed E-state index contributed by atoms with van der Waals surface area (Å²) in [7, 11) is 2.96. The molecular formula is C66H76N16O9S6. The molecule has 8 aromatic rings. The van der Waals surface area contributed by atoms with Crippen molar-refractivity contribution >= 4 is 115 Å². The minimum absolute atomic E-state index is 0.00322. The van der Waals surface area contributed by atoms with Gasteiger partial charge >= 0.3 is 0 Å². The van der Waals surface area contributed by atoms with Gasteiger partial charge in [0.05, 0.1) is 52.8 Å². The van der Waals surface area contributed by atoms with E-state index in [2.05, 4.69) is 41.7 Å². The first kappa shape index (κ1) is 69.2. The van der Waals surface area contributed by atoms with Crippen LogP contribution >= 0.6 is 68.0 Å². The number of carbonyl (C=O) groups excluding carboxylic acids is 7. The number of aromatic nitrogens is 7. The van der Waals surface area contributed by atoms with E-state index in [0.717, 1.165) is 50.6 Å². The highest BCUT2D eigenvalue weighted by Crippen LogP contribution is 2.42. The van der Waals surface area contributed by atoms with E-state index in [-0.39, 0.29) is 59.7 Å². The zero-order chi connectivity index (χ0) is 67.9. The number of piperazine rings is 1. The lowest BCUT2D eigenvalue weighted by Crippen LogP contribution is -2.52. The summed E-state index contributed by atoms with van der Waals surface area (Å²) in [5.41, 5.74) is 2.54. The number of pyridine rings is 1. The monoisotopic (exact) mass is 1430 g/mol. The van der Waals surface area contributed by atoms with Gasteiger partial charge in [-0.15, -0.1) is 68.0 Å². The summed E-state index contributed by atoms with van der Waals surface area (Å²) in [6.45, 7) is 12.7. The standard InChI is InChI=1S/C66H76N16O9S6/c1-35(2)50-65-79-53(46(97-65)31-91-5)58(88)68-30-49(84)76-54(55(85)37-12-8-6-9-13-37)64-73-44(33-93-64)61-69-29-45(96-61)52-40(60-72-43(32-92-60)57(87)71-42(28-48(83)67-4)63-78-51(36(3)95-63)59(89)77-50)18-19-41(70-52)62-75-47(34-94-62)74-56(86)38-14-16-39(17-15-38)66(90)82-26-24-81(25-27-82)23-22-80-20-10-7-11-21-80/h6,8-9,12-13,18-19,29,32-35,38-39,42,50,54-55,85H,7,10-11,14-17,20-28,30-31H2,1-5H3,(H,67,83)(H,68,88)(H,71,87)(H,74,86)(H,76,84)(H,77,89)/t38?,39?,42-,50-,54-,55-/m0/s1. The number of ether oxygens (including phenoxy) is 1. The van der Waals surface area contributed by atoms with Crippen molar-refractivity contribution in [3.63, 3.8) is 0 Å². The van der Waals surface area contributed by atoms with Crippen LogP contribution in [-0.4, -0.2) is 169 Å². The van der Waals surface area contributed by atoms with Gasteiger partial charge in [-0.3, -0.25) is 38.5 Å². The molecule has 31 heteroatoms. The predicted octanol–water partition coefficient (Wildman–Crippen LogP) is 8.69. The number of aliphatic hydroxyl groups excluding tert-OH is 1. The summed E-state index contributed by atoms with van der Waals surface area (Å²) in [6.07, 6.45) is 6.55. The Morgan fingerprint density at radius 2 is 1.39 bits per heavy atom. The molecule has 7 amide bonds. The van der Waals surface area contributed by atoms with E-state index in [9.17, 15) is 38.7 Å². The van der Waals surface area contributed by atoms with Crippen molar-refractivity contribution in [1.82, 2.24) is 76.2 Å². The Morgan fingerprint density at radius 1 is 0.670 bits per heavy atom. The van der Waals surface area contributed by atoms with Crippen LogP contribution in [0.3, 0.4) is 0 Å². The molecule has 25 nitrogen and oxygen atoms in total. The molecule has 12 rings (SSSR count). The Morgan fingerprint density at radius 3 is 2.13 bits per heavy atom. The Kier molecular flexibility index (Phi) is 22.4. The van der Waals surface area contributed by atoms with Crippen molar-refractivity contribution in [3.8, 4) is 42.5 Å². The number of likely N-dealkylation sites (tertiary alicyclic amines) is 1. The number of rotatable bonds is 14. The molecular weight excluding hydrogens is 1350 g/mol. The summed E-state index contributed by atoms with van der Waals surface area (Å²) in [4.78, 5) is 140. The van der Waals surface area contributed by atoms with Gasteiger partial charge in [-0.25, -0.2) is 34.9 Å². The van der Waals surface area contributed by atoms with Gasteiger partial charge in [-0.1, -0.05) is 50.6 Å². The first-order valence-electron chi connectivity index (χ1n) is 32.4. The van der Waals surface area contributed by atoms with Crippen LogP contribution in [0, 0.1) is 24.7 Å². The smallest absolute Gasteiger partial charge is 0.271 e. The summed E-state index contributed by atoms with van der Waals surface area (Å²) < 4.78 is 5.47. The second kappa shape index (κ2) is 31.4. The number of anilines is 1. The average Bonchev–Trinajstić information content (AvgIpc) is 1.70. The van der Waals surface area contributed by atoms with Crippen LogP contribution in [0.15, 0.2) is 64.8 Å². The first-order chi connectivity index (χ1) is 47.0. The highest BCUT2D eigenvalue weighted by atomic mass is 32.1. The number of fused-ring (bicyclic) bond motifs is 14. The first-order valence-corrected chi connectivity index (χ1v) is 37.5. The number of aliphatic hydroxyl groups is 1. The minimum atomic E-state index is -1.28. The fourth-order valence-electron chi connectivity index (χ4n) is 12.4. The molecule has 0 spiro atoms. The molecule has 1 aromatic carbocycles. The molecule has 7 aromatic heterocycles. The van der Waals surface area contributed by atoms with Gasteiger partial charge in [0, 0.05) is 98.0 Å². The number of hydrogen-bond donors (Lipinski definition) is 7. The van der Waals surface area contributed by atoms with Crippen LogP contribution in [0.25, 0.3) is 42.5 Å². The highest BCUT2D eigenvalue weighted by molar-refractivity contribution is 7.19. The van der Waals surface area contributed by atoms with E-state index in [1.807, 2.05) is 30.9 Å². The number of methoxy groups -OCH3 is 1. The molecule has 97 heavy (non-hydrogen) atoms. The molecule has 0 unspecified atom stereocenters. The van der Waals surface area contributed by atoms with E-state index in [1.165, 1.54) is 103 Å². The summed E-state index contributed by atoms with van der Waals surface area (Å²) in [5.74, 6) is -3.02. The van der Waals surface area contributed by atoms with Crippen LogP contribution in [0.1, 0.15) is 151 Å². The molecule has 7 N–H and O–H groups in total. The zero-order valence-corrected chi connectivity index (χ0v) is 59.2. The molecule has 4 atom stereocenters. The molecule has 2 saturated heterocycles. The van der Waals surface area contributed by atoms with Crippen molar-refractivity contribution in [2.24, 2.45) is 17.8 Å². The third kappa shape index (κ3) is 16.4. The molecule has 3 aliphatic heterocycles. The van der Waals surface area contributed by atoms with Crippen LogP contribution in [0.5, 0.6) is 0 Å². The van der Waals surface area contributed by atoms with Crippen LogP contribution in [0.4, 0.5) is 5.82 Å². The quantitative estimate of drug-likeness (QED) is 0.0535. The Labute approximate surface area is 584 Å². The van der Waals surface area contributed by atoms with Gasteiger partial charge in [0.1, 0.15) is 70.8 Å². The maximum absolute atomic E-state index is 14.4. The van der Waals surface area contributed by atoms with Crippen LogP contribution in [0.2, 0.25) is 0 Å². The number of nitrogens with zero attached hydrogens (tertiary/aromatic N) is 10. The normalized spacial score (nSPS) is 20.5. The summed E-state index contributed by atoms with van der Waals surface area (Å²) in [6, 6.07) is 9.68. The molecule has 3 fully saturated rings. The SMILES string of the molecule is CNC(=O)C[C@@H]1NC(=O)c2csc(n2)-c2ccc(-c3nc(NC(=O)C4CCC(C(=O)N5CCN(CCN6CCCCC6)CC5)CC4)cs3)nc2-c2cnc(s2)-c2csc(n2)[C@H]([C@@H](O)c2ccccc2)NC(=O)CNC(=O)c2nc(sc2COC)[C@H](C(C)C)NC(=O)c2nc1sc2C. The number of aryl methyl sites for hydroxylation is 1. The lowest BCUT2D eigenvalue weighted by molar-refractivity contribution is -0.139. The number of amides is 7. The minimum Gasteiger partial charge on any atom is -0.386 e. The van der Waals surface area contributed by atoms with E-state index in [0.29, 0.717) is 104 Å². The molecule has 1 saturated carbocycles. The lowest BCUT2D eigenvalue weighted by Gasteiger charge is -2.38. The molecule has 10 heterocycles. The number of thiazole rings is 6. The Hall–Kier alpha value is -7.72. The van der Waals surface area contributed by atoms with E-state index in [1.54, 1.807) is 59.6 Å². The van der Waals surface area contributed by atoms with Gasteiger partial charge in [0.15, 0.2) is 0 Å². The third-order valence-electron chi connectivity index (χ3n) is 17.8. The zero-order valence-electron chi connectivity index (χ0n) is 54.3. The third-order valence-corrected chi connectivity index (χ3v) is 23.7. The second-order valence-corrected chi connectivity index (χ2v) is 30.8. The van der Waals surface area contributed by atoms with Crippen molar-refractivity contribution in [2.75, 3.05) is 78.4 Å². The second-order valence-electron chi connectivity index (χ2n) is 24.8. The maximum Gasteiger partial charge on any atom is 0.271 e. The van der Waals surface area contributed by atoms with E-state index < -0.39 is 60.3 Å². The molecule has 4 aliphatic rings. The van der Waals surface area contributed by atoms with E-state index >= 15 is 0 Å². The van der Waals surface area contributed by atoms with Crippen molar-refractivity contribution in [1.29, 1.82) is 0 Å². The molecule has 10 bridgehead atoms. The molecule has 0 radical (unpaired) electrons. The summed E-state index contributed by atoms with van der Waals surface area (Å²) in [5, 5.41) is 36.9. The van der Waals surface area contributed by atoms with E-state index in [4.69, 9.17) is 39.6 Å². The van der Waals surface area contributed by atoms with Gasteiger partial charge in [-0.2, -0.15) is 0 Å². The van der Waals surface area contributed by atoms with Crippen molar-refractivity contribution in [2.45, 2.75) is 103 Å². The van der Waals surface area contributed by atoms with Crippen LogP contribution < -0.4 is 31.9 Å². The van der Waals surface area contributed by atoms with Crippen molar-refractivity contribution < 1.29 is 43.4 Å². The number of piperidine rings is 1. The fourth-order valence-corrected chi connectivity index (χ4v) is 18.0. The molecule has 510 valence electrons. The number of benzene rings is 1. The Bertz CT molecular complexity index is 4140. The largest absolute Gasteiger partial charge is 0.386 e. The number of carbonyl (C=O) groups is 7. The van der Waals surface area contributed by atoms with Crippen molar-refractivity contribution in [3.05, 3.63) is 112 Å². The van der Waals surface area contributed by atoms with Gasteiger partial charge < -0.3 is 51.5 Å². The average molecular weight is 1430 g/mol. The maximum atomic E-state index is 14.4. The van der Waals surface area contributed by atoms with Gasteiger partial charge in [0.2, 0.25) is 23.6 Å². The fraction of sp³-hybridized carbons (Fsp3) is 0.455. The topological polar surface area (TPSA) is 321 Å². The predicted molar refractivity (Wildman–Crippen MR) is 374 cm³/mol. The lowest BCUT2D eigenvalue weighted by atomic mass is 9.81. The number of nitrogens with one attached hydrogen (secondary N) is 6. The van der Waals surface area contributed by atoms with Gasteiger partial charge in [0.25, 0.3) is 17.7 Å². The van der Waals surface area contributed by atoms with Gasteiger partial charge in [-0.05, 0) is 82.2 Å². The Balaban J connectivity index is 0.818. The van der Waals surface area contributed by atoms with Crippen LogP contribution in [-0.2, 0) is 30.5 Å². The number of hydrogen-bond acceptors (Lipinski definition) is 24. The molecule has 1 aliphatic carbocycles. The summed E-state index contributed by atoms with van der Waals surface area (Å²) >= 11 is 7.32.